The van der Waals surface area contributed by atoms with Gasteiger partial charge >= 0.3 is 0 Å². The molecule has 110 valence electrons. The Morgan fingerprint density at radius 3 is 2.60 bits per heavy atom. The van der Waals surface area contributed by atoms with E-state index in [0.717, 1.165) is 24.3 Å². The molecule has 0 aliphatic heterocycles. The third-order valence-corrected chi connectivity index (χ3v) is 4.01. The molecule has 0 saturated carbocycles. The lowest BCUT2D eigenvalue weighted by molar-refractivity contribution is 0.168. The van der Waals surface area contributed by atoms with Gasteiger partial charge in [0.2, 0.25) is 0 Å². The van der Waals surface area contributed by atoms with Crippen molar-refractivity contribution < 1.29 is 0 Å². The van der Waals surface area contributed by atoms with Crippen molar-refractivity contribution in [3.05, 3.63) is 22.1 Å². The van der Waals surface area contributed by atoms with Crippen LogP contribution in [-0.2, 0) is 6.54 Å². The molecule has 20 heavy (non-hydrogen) atoms. The van der Waals surface area contributed by atoms with Crippen molar-refractivity contribution in [2.24, 2.45) is 0 Å². The Hall–Kier alpha value is -0.910. The first-order chi connectivity index (χ1) is 9.40. The summed E-state index contributed by atoms with van der Waals surface area (Å²) in [6.45, 7) is 10.6. The van der Waals surface area contributed by atoms with Crippen molar-refractivity contribution >= 4 is 35.0 Å². The SMILES string of the molecule is CC(C)N(CCn1c(=S)[nH]c2cc(Cl)cnc21)C(C)C. The number of pyridine rings is 1. The minimum Gasteiger partial charge on any atom is -0.329 e. The number of halogens is 1. The molecule has 2 aromatic heterocycles. The summed E-state index contributed by atoms with van der Waals surface area (Å²) in [6.07, 6.45) is 1.66. The van der Waals surface area contributed by atoms with E-state index < -0.39 is 0 Å². The molecule has 0 bridgehead atoms. The van der Waals surface area contributed by atoms with E-state index >= 15 is 0 Å². The standard InChI is InChI=1S/C14H21ClN4S/c1-9(2)18(10(3)4)5-6-19-13-12(17-14(19)20)7-11(15)8-16-13/h7-10H,5-6H2,1-4H3,(H,17,20). The van der Waals surface area contributed by atoms with Crippen molar-refractivity contribution in [2.45, 2.75) is 46.3 Å². The lowest BCUT2D eigenvalue weighted by Crippen LogP contribution is -2.39. The molecule has 0 radical (unpaired) electrons. The molecule has 0 aliphatic carbocycles. The average molecular weight is 313 g/mol. The number of fused-ring (bicyclic) bond motifs is 1. The van der Waals surface area contributed by atoms with Crippen LogP contribution in [0.5, 0.6) is 0 Å². The van der Waals surface area contributed by atoms with Crippen LogP contribution >= 0.6 is 23.8 Å². The van der Waals surface area contributed by atoms with E-state index in [4.69, 9.17) is 23.8 Å². The molecular formula is C14H21ClN4S. The van der Waals surface area contributed by atoms with E-state index in [-0.39, 0.29) is 0 Å². The second-order valence-electron chi connectivity index (χ2n) is 5.53. The fraction of sp³-hybridized carbons (Fsp3) is 0.571. The Labute approximate surface area is 129 Å². The number of nitrogens with zero attached hydrogens (tertiary/aromatic N) is 3. The number of H-pyrrole nitrogens is 1. The summed E-state index contributed by atoms with van der Waals surface area (Å²) in [5, 5.41) is 0.617. The molecule has 0 saturated heterocycles. The Kier molecular flexibility index (Phi) is 4.83. The Morgan fingerprint density at radius 2 is 2.00 bits per heavy atom. The second-order valence-corrected chi connectivity index (χ2v) is 6.35. The number of imidazole rings is 1. The quantitative estimate of drug-likeness (QED) is 0.852. The Morgan fingerprint density at radius 1 is 1.35 bits per heavy atom. The fourth-order valence-corrected chi connectivity index (χ4v) is 3.00. The number of aromatic amines is 1. The van der Waals surface area contributed by atoms with Crippen LogP contribution in [0.4, 0.5) is 0 Å². The minimum atomic E-state index is 0.511. The molecule has 2 rings (SSSR count). The predicted octanol–water partition coefficient (Wildman–Crippen LogP) is 3.87. The van der Waals surface area contributed by atoms with E-state index in [1.807, 2.05) is 10.6 Å². The van der Waals surface area contributed by atoms with E-state index in [2.05, 4.69) is 42.6 Å². The van der Waals surface area contributed by atoms with Gasteiger partial charge in [-0.1, -0.05) is 11.6 Å². The molecule has 1 N–H and O–H groups in total. The van der Waals surface area contributed by atoms with Crippen LogP contribution in [0.25, 0.3) is 11.2 Å². The molecule has 0 aromatic carbocycles. The zero-order valence-corrected chi connectivity index (χ0v) is 13.9. The molecule has 2 heterocycles. The molecule has 4 nitrogen and oxygen atoms in total. The van der Waals surface area contributed by atoms with Gasteiger partial charge in [0.15, 0.2) is 10.4 Å². The molecule has 6 heteroatoms. The van der Waals surface area contributed by atoms with Crippen LogP contribution in [-0.4, -0.2) is 38.1 Å². The van der Waals surface area contributed by atoms with Gasteiger partial charge < -0.3 is 9.55 Å². The van der Waals surface area contributed by atoms with E-state index in [1.165, 1.54) is 0 Å². The summed E-state index contributed by atoms with van der Waals surface area (Å²) in [4.78, 5) is 9.99. The van der Waals surface area contributed by atoms with Gasteiger partial charge in [0, 0.05) is 31.4 Å². The van der Waals surface area contributed by atoms with Crippen LogP contribution in [0.2, 0.25) is 5.02 Å². The summed E-state index contributed by atoms with van der Waals surface area (Å²) >= 11 is 11.3. The first kappa shape index (κ1) is 15.5. The maximum Gasteiger partial charge on any atom is 0.179 e. The smallest absolute Gasteiger partial charge is 0.179 e. The molecular weight excluding hydrogens is 292 g/mol. The van der Waals surface area contributed by atoms with Crippen molar-refractivity contribution in [2.75, 3.05) is 6.54 Å². The van der Waals surface area contributed by atoms with E-state index in [1.54, 1.807) is 6.20 Å². The number of hydrogen-bond donors (Lipinski definition) is 1. The highest BCUT2D eigenvalue weighted by Crippen LogP contribution is 2.16. The minimum absolute atomic E-state index is 0.511. The first-order valence-corrected chi connectivity index (χ1v) is 7.68. The van der Waals surface area contributed by atoms with Crippen LogP contribution in [0, 0.1) is 4.77 Å². The number of hydrogen-bond acceptors (Lipinski definition) is 3. The number of rotatable bonds is 5. The first-order valence-electron chi connectivity index (χ1n) is 6.90. The van der Waals surface area contributed by atoms with Gasteiger partial charge in [-0.2, -0.15) is 0 Å². The predicted molar refractivity (Wildman–Crippen MR) is 86.9 cm³/mol. The summed E-state index contributed by atoms with van der Waals surface area (Å²) in [7, 11) is 0. The summed E-state index contributed by atoms with van der Waals surface area (Å²) < 4.78 is 2.74. The molecule has 0 amide bonds. The lowest BCUT2D eigenvalue weighted by atomic mass is 10.2. The largest absolute Gasteiger partial charge is 0.329 e. The van der Waals surface area contributed by atoms with Gasteiger partial charge in [-0.25, -0.2) is 4.98 Å². The van der Waals surface area contributed by atoms with Gasteiger partial charge in [0.05, 0.1) is 10.5 Å². The van der Waals surface area contributed by atoms with Gasteiger partial charge in [-0.15, -0.1) is 0 Å². The summed E-state index contributed by atoms with van der Waals surface area (Å²) in [5.41, 5.74) is 1.76. The monoisotopic (exact) mass is 312 g/mol. The van der Waals surface area contributed by atoms with Crippen molar-refractivity contribution in [3.63, 3.8) is 0 Å². The maximum absolute atomic E-state index is 5.96. The van der Waals surface area contributed by atoms with Crippen LogP contribution in [0.3, 0.4) is 0 Å². The van der Waals surface area contributed by atoms with Crippen LogP contribution in [0.15, 0.2) is 12.3 Å². The van der Waals surface area contributed by atoms with Crippen molar-refractivity contribution in [1.82, 2.24) is 19.4 Å². The second kappa shape index (κ2) is 6.24. The van der Waals surface area contributed by atoms with Gasteiger partial charge in [-0.3, -0.25) is 4.90 Å². The van der Waals surface area contributed by atoms with E-state index in [0.29, 0.717) is 21.9 Å². The highest BCUT2D eigenvalue weighted by molar-refractivity contribution is 7.71. The Balaban J connectivity index is 2.26. The Bertz CT molecular complexity index is 636. The number of aromatic nitrogens is 3. The molecule has 2 aromatic rings. The topological polar surface area (TPSA) is 36.9 Å². The molecule has 0 aliphatic rings. The summed E-state index contributed by atoms with van der Waals surface area (Å²) in [6, 6.07) is 2.88. The zero-order chi connectivity index (χ0) is 14.9. The number of nitrogens with one attached hydrogen (secondary N) is 1. The van der Waals surface area contributed by atoms with Crippen LogP contribution in [0.1, 0.15) is 27.7 Å². The summed E-state index contributed by atoms with van der Waals surface area (Å²) in [5.74, 6) is 0. The third kappa shape index (κ3) is 3.22. The van der Waals surface area contributed by atoms with Crippen LogP contribution < -0.4 is 0 Å². The third-order valence-electron chi connectivity index (χ3n) is 3.48. The zero-order valence-electron chi connectivity index (χ0n) is 12.4. The molecule has 0 fully saturated rings. The average Bonchev–Trinajstić information content (AvgIpc) is 2.64. The van der Waals surface area contributed by atoms with Gasteiger partial charge in [-0.05, 0) is 46.0 Å². The van der Waals surface area contributed by atoms with Gasteiger partial charge in [0.25, 0.3) is 0 Å². The lowest BCUT2D eigenvalue weighted by Gasteiger charge is -2.30. The van der Waals surface area contributed by atoms with Crippen molar-refractivity contribution in [3.8, 4) is 0 Å². The van der Waals surface area contributed by atoms with Gasteiger partial charge in [0.1, 0.15) is 0 Å². The highest BCUT2D eigenvalue weighted by atomic mass is 35.5. The fourth-order valence-electron chi connectivity index (χ4n) is 2.55. The maximum atomic E-state index is 5.96. The molecule has 0 spiro atoms. The van der Waals surface area contributed by atoms with E-state index in [9.17, 15) is 0 Å². The van der Waals surface area contributed by atoms with Crippen molar-refractivity contribution in [1.29, 1.82) is 0 Å². The normalized spacial score (nSPS) is 12.2. The molecule has 0 atom stereocenters. The highest BCUT2D eigenvalue weighted by Gasteiger charge is 2.14. The molecule has 0 unspecified atom stereocenters.